The minimum atomic E-state index is -1.63. The predicted octanol–water partition coefficient (Wildman–Crippen LogP) is 2.74. The van der Waals surface area contributed by atoms with Crippen molar-refractivity contribution >= 4 is 11.6 Å². The van der Waals surface area contributed by atoms with Crippen molar-refractivity contribution in [2.24, 2.45) is 0 Å². The third-order valence-corrected chi connectivity index (χ3v) is 3.81. The summed E-state index contributed by atoms with van der Waals surface area (Å²) in [5.74, 6) is -1.29. The van der Waals surface area contributed by atoms with Crippen molar-refractivity contribution in [1.82, 2.24) is 9.38 Å². The molecule has 112 valence electrons. The maximum absolute atomic E-state index is 11.3. The monoisotopic (exact) mass is 296 g/mol. The minimum absolute atomic E-state index is 0.275. The summed E-state index contributed by atoms with van der Waals surface area (Å²) in [6, 6.07) is 11.2. The van der Waals surface area contributed by atoms with Crippen molar-refractivity contribution in [3.8, 4) is 11.3 Å². The molecule has 22 heavy (non-hydrogen) atoms. The highest BCUT2D eigenvalue weighted by Crippen LogP contribution is 2.30. The fraction of sp³-hybridized carbons (Fsp3) is 0.176. The molecule has 0 saturated carbocycles. The van der Waals surface area contributed by atoms with Crippen molar-refractivity contribution < 1.29 is 15.0 Å². The van der Waals surface area contributed by atoms with Gasteiger partial charge in [0.1, 0.15) is 5.65 Å². The van der Waals surface area contributed by atoms with E-state index < -0.39 is 12.1 Å². The first kappa shape index (κ1) is 14.3. The largest absolute Gasteiger partial charge is 0.479 e. The lowest BCUT2D eigenvalue weighted by atomic mass is 10.1. The topological polar surface area (TPSA) is 74.8 Å². The first-order chi connectivity index (χ1) is 10.5. The molecular weight excluding hydrogens is 280 g/mol. The van der Waals surface area contributed by atoms with Gasteiger partial charge in [-0.2, -0.15) is 0 Å². The number of hydrogen-bond donors (Lipinski definition) is 2. The standard InChI is InChI=1S/C17H16N2O3/c1-10-8-13-18-14(12-6-4-3-5-7-12)15(16(20)17(21)22)19(13)9-11(10)2/h3-9,16,20H,1-2H3,(H,21,22). The van der Waals surface area contributed by atoms with Gasteiger partial charge in [-0.1, -0.05) is 30.3 Å². The molecule has 0 aliphatic heterocycles. The Labute approximate surface area is 127 Å². The molecule has 5 nitrogen and oxygen atoms in total. The van der Waals surface area contributed by atoms with Crippen molar-refractivity contribution in [3.05, 3.63) is 59.4 Å². The van der Waals surface area contributed by atoms with Crippen LogP contribution in [0, 0.1) is 13.8 Å². The molecule has 0 amide bonds. The van der Waals surface area contributed by atoms with Crippen molar-refractivity contribution in [3.63, 3.8) is 0 Å². The molecule has 2 heterocycles. The van der Waals surface area contributed by atoms with Gasteiger partial charge in [0.15, 0.2) is 6.10 Å². The van der Waals surface area contributed by atoms with Crippen LogP contribution in [0.2, 0.25) is 0 Å². The number of aliphatic carboxylic acids is 1. The Morgan fingerprint density at radius 1 is 1.18 bits per heavy atom. The first-order valence-electron chi connectivity index (χ1n) is 6.94. The number of carbonyl (C=O) groups is 1. The molecule has 3 rings (SSSR count). The van der Waals surface area contributed by atoms with Crippen LogP contribution in [0.5, 0.6) is 0 Å². The second kappa shape index (κ2) is 5.27. The lowest BCUT2D eigenvalue weighted by molar-refractivity contribution is -0.147. The quantitative estimate of drug-likeness (QED) is 0.779. The summed E-state index contributed by atoms with van der Waals surface area (Å²) in [5.41, 5.74) is 4.23. The average molecular weight is 296 g/mol. The summed E-state index contributed by atoms with van der Waals surface area (Å²) in [5, 5.41) is 19.3. The van der Waals surface area contributed by atoms with Crippen LogP contribution in [0.4, 0.5) is 0 Å². The number of imidazole rings is 1. The van der Waals surface area contributed by atoms with Crippen molar-refractivity contribution in [2.45, 2.75) is 20.0 Å². The average Bonchev–Trinajstić information content (AvgIpc) is 2.86. The molecule has 0 spiro atoms. The second-order valence-corrected chi connectivity index (χ2v) is 5.32. The van der Waals surface area contributed by atoms with E-state index in [0.29, 0.717) is 11.3 Å². The predicted molar refractivity (Wildman–Crippen MR) is 82.7 cm³/mol. The fourth-order valence-electron chi connectivity index (χ4n) is 2.49. The third kappa shape index (κ3) is 2.25. The summed E-state index contributed by atoms with van der Waals surface area (Å²) < 4.78 is 1.66. The van der Waals surface area contributed by atoms with E-state index in [2.05, 4.69) is 4.98 Å². The van der Waals surface area contributed by atoms with Gasteiger partial charge >= 0.3 is 5.97 Å². The molecule has 0 fully saturated rings. The van der Waals surface area contributed by atoms with Gasteiger partial charge in [0, 0.05) is 11.8 Å². The molecule has 1 atom stereocenters. The zero-order chi connectivity index (χ0) is 15.9. The maximum atomic E-state index is 11.3. The van der Waals surface area contributed by atoms with Crippen LogP contribution in [-0.2, 0) is 4.79 Å². The number of carboxylic acid groups (broad SMARTS) is 1. The van der Waals surface area contributed by atoms with Gasteiger partial charge < -0.3 is 10.2 Å². The Kier molecular flexibility index (Phi) is 3.42. The summed E-state index contributed by atoms with van der Waals surface area (Å²) in [7, 11) is 0. The van der Waals surface area contributed by atoms with Crippen LogP contribution in [-0.4, -0.2) is 25.6 Å². The second-order valence-electron chi connectivity index (χ2n) is 5.32. The van der Waals surface area contributed by atoms with Gasteiger partial charge in [-0.25, -0.2) is 9.78 Å². The van der Waals surface area contributed by atoms with Crippen LogP contribution in [0.25, 0.3) is 16.9 Å². The molecular formula is C17H16N2O3. The van der Waals surface area contributed by atoms with Crippen LogP contribution in [0.1, 0.15) is 22.9 Å². The fourth-order valence-corrected chi connectivity index (χ4v) is 2.49. The van der Waals surface area contributed by atoms with Gasteiger partial charge in [-0.3, -0.25) is 4.40 Å². The van der Waals surface area contributed by atoms with Crippen LogP contribution in [0.3, 0.4) is 0 Å². The Hall–Kier alpha value is -2.66. The molecule has 3 aromatic rings. The molecule has 0 radical (unpaired) electrons. The maximum Gasteiger partial charge on any atom is 0.338 e. The van der Waals surface area contributed by atoms with Crippen molar-refractivity contribution in [2.75, 3.05) is 0 Å². The van der Waals surface area contributed by atoms with Gasteiger partial charge in [0.25, 0.3) is 0 Å². The van der Waals surface area contributed by atoms with E-state index >= 15 is 0 Å². The third-order valence-electron chi connectivity index (χ3n) is 3.81. The normalized spacial score (nSPS) is 12.5. The van der Waals surface area contributed by atoms with E-state index in [1.165, 1.54) is 0 Å². The molecule has 0 aliphatic carbocycles. The van der Waals surface area contributed by atoms with Gasteiger partial charge in [0.2, 0.25) is 0 Å². The summed E-state index contributed by atoms with van der Waals surface area (Å²) in [4.78, 5) is 15.8. The Morgan fingerprint density at radius 3 is 2.50 bits per heavy atom. The number of benzene rings is 1. The zero-order valence-electron chi connectivity index (χ0n) is 12.3. The summed E-state index contributed by atoms with van der Waals surface area (Å²) >= 11 is 0. The Morgan fingerprint density at radius 2 is 1.86 bits per heavy atom. The number of pyridine rings is 1. The molecule has 5 heteroatoms. The smallest absolute Gasteiger partial charge is 0.338 e. The molecule has 1 aromatic carbocycles. The SMILES string of the molecule is Cc1cc2nc(-c3ccccc3)c(C(O)C(=O)O)n2cc1C. The first-order valence-corrected chi connectivity index (χ1v) is 6.94. The van der Waals surface area contributed by atoms with E-state index in [4.69, 9.17) is 0 Å². The Bertz CT molecular complexity index is 853. The number of rotatable bonds is 3. The highest BCUT2D eigenvalue weighted by Gasteiger charge is 2.26. The minimum Gasteiger partial charge on any atom is -0.479 e. The van der Waals surface area contributed by atoms with Gasteiger partial charge in [-0.05, 0) is 31.0 Å². The lowest BCUT2D eigenvalue weighted by Gasteiger charge is -2.10. The van der Waals surface area contributed by atoms with Crippen LogP contribution in [0.15, 0.2) is 42.6 Å². The molecule has 0 saturated heterocycles. The Balaban J connectivity index is 2.36. The molecule has 2 aromatic heterocycles. The van der Waals surface area contributed by atoms with Crippen LogP contribution >= 0.6 is 0 Å². The van der Waals surface area contributed by atoms with Gasteiger partial charge in [-0.15, -0.1) is 0 Å². The molecule has 0 bridgehead atoms. The van der Waals surface area contributed by atoms with Crippen molar-refractivity contribution in [1.29, 1.82) is 0 Å². The number of nitrogens with zero attached hydrogens (tertiary/aromatic N) is 2. The van der Waals surface area contributed by atoms with E-state index in [9.17, 15) is 15.0 Å². The molecule has 2 N–H and O–H groups in total. The number of carboxylic acids is 1. The lowest BCUT2D eigenvalue weighted by Crippen LogP contribution is -2.14. The van der Waals surface area contributed by atoms with E-state index in [1.807, 2.05) is 56.4 Å². The number of aryl methyl sites for hydroxylation is 2. The molecule has 1 unspecified atom stereocenters. The zero-order valence-corrected chi connectivity index (χ0v) is 12.3. The number of aliphatic hydroxyl groups excluding tert-OH is 1. The summed E-state index contributed by atoms with van der Waals surface area (Å²) in [6.07, 6.45) is 0.179. The number of aromatic nitrogens is 2. The van der Waals surface area contributed by atoms with Crippen LogP contribution < -0.4 is 0 Å². The van der Waals surface area contributed by atoms with E-state index in [0.717, 1.165) is 16.7 Å². The number of aliphatic hydroxyl groups is 1. The molecule has 0 aliphatic rings. The highest BCUT2D eigenvalue weighted by molar-refractivity contribution is 5.79. The number of fused-ring (bicyclic) bond motifs is 1. The van der Waals surface area contributed by atoms with E-state index in [1.54, 1.807) is 4.40 Å². The summed E-state index contributed by atoms with van der Waals surface area (Å²) in [6.45, 7) is 3.91. The van der Waals surface area contributed by atoms with E-state index in [-0.39, 0.29) is 5.69 Å². The van der Waals surface area contributed by atoms with Gasteiger partial charge in [0.05, 0.1) is 11.4 Å². The number of hydrogen-bond acceptors (Lipinski definition) is 3. The highest BCUT2D eigenvalue weighted by atomic mass is 16.4.